The number of benzene rings is 1. The van der Waals surface area contributed by atoms with Gasteiger partial charge in [0.1, 0.15) is 13.1 Å². The minimum atomic E-state index is -4.18. The molecule has 284 valence electrons. The van der Waals surface area contributed by atoms with E-state index in [1.54, 1.807) is 24.3 Å². The summed E-state index contributed by atoms with van der Waals surface area (Å²) in [7, 11) is -8.14. The highest BCUT2D eigenvalue weighted by atomic mass is 32.2. The molecule has 2 N–H and O–H groups in total. The highest BCUT2D eigenvalue weighted by molar-refractivity contribution is 7.90. The lowest BCUT2D eigenvalue weighted by atomic mass is 9.98. The Balaban J connectivity index is 0.000000198. The molecule has 1 atom stereocenters. The fraction of sp³-hybridized carbons (Fsp3) is 0.387. The van der Waals surface area contributed by atoms with E-state index in [1.165, 1.54) is 43.5 Å². The maximum absolute atomic E-state index is 12.9. The van der Waals surface area contributed by atoms with Crippen LogP contribution in [0.5, 0.6) is 0 Å². The lowest BCUT2D eigenvalue weighted by molar-refractivity contribution is -0.134. The van der Waals surface area contributed by atoms with Gasteiger partial charge in [0.15, 0.2) is 0 Å². The summed E-state index contributed by atoms with van der Waals surface area (Å²) >= 11 is 0. The molecule has 1 amide bonds. The second-order valence-electron chi connectivity index (χ2n) is 12.4. The van der Waals surface area contributed by atoms with Gasteiger partial charge < -0.3 is 15.3 Å². The van der Waals surface area contributed by atoms with E-state index in [-0.39, 0.29) is 41.2 Å². The van der Waals surface area contributed by atoms with E-state index in [9.17, 15) is 44.3 Å². The van der Waals surface area contributed by atoms with Crippen molar-refractivity contribution in [2.24, 2.45) is 0 Å². The Morgan fingerprint density at radius 2 is 1.28 bits per heavy atom. The van der Waals surface area contributed by atoms with Crippen LogP contribution in [0, 0.1) is 13.8 Å². The van der Waals surface area contributed by atoms with Crippen molar-refractivity contribution >= 4 is 26.0 Å². The Labute approximate surface area is 300 Å². The average molecular weight is 783 g/mol. The van der Waals surface area contributed by atoms with Gasteiger partial charge in [0, 0.05) is 66.7 Å². The molecule has 0 unspecified atom stereocenters. The molecule has 16 nitrogen and oxygen atoms in total. The normalized spacial score (nSPS) is 14.8. The molecule has 0 aliphatic carbocycles. The lowest BCUT2D eigenvalue weighted by Gasteiger charge is -2.22. The van der Waals surface area contributed by atoms with E-state index < -0.39 is 51.9 Å². The molecule has 22 heteroatoms. The number of halogens is 4. The molecule has 0 saturated carbocycles. The van der Waals surface area contributed by atoms with Crippen LogP contribution in [-0.2, 0) is 64.1 Å². The molecular formula is C31H34F4N10O6S2. The summed E-state index contributed by atoms with van der Waals surface area (Å²) in [4.78, 5) is 14.4. The number of aliphatic hydroxyl groups is 1. The largest absolute Gasteiger partial charge is 0.395 e. The van der Waals surface area contributed by atoms with E-state index in [1.807, 2.05) is 6.07 Å². The SMILES string of the molecule is Cc1cn(CC(F)F)nc1S(=O)(=O)n1cc2c(n1)CN(C(=O)[C@H](CO)c1ccccc1)C2.Cc1cn(CC(F)F)nc1S(=O)(=O)n1cc2c(n1)CNC2. The van der Waals surface area contributed by atoms with Crippen molar-refractivity contribution < 1.29 is 44.3 Å². The van der Waals surface area contributed by atoms with E-state index in [0.29, 0.717) is 41.2 Å². The number of alkyl halides is 4. The summed E-state index contributed by atoms with van der Waals surface area (Å²) in [5, 5.41) is 27.9. The average Bonchev–Trinajstić information content (AvgIpc) is 3.92. The number of carbonyl (C=O) groups excluding carboxylic acids is 1. The van der Waals surface area contributed by atoms with Crippen LogP contribution in [0.25, 0.3) is 0 Å². The number of nitrogens with zero attached hydrogens (tertiary/aromatic N) is 9. The maximum Gasteiger partial charge on any atom is 0.302 e. The number of rotatable bonds is 11. The number of aliphatic hydroxyl groups excluding tert-OH is 1. The number of hydrogen-bond acceptors (Lipinski definition) is 11. The number of nitrogens with one attached hydrogen (secondary N) is 1. The molecule has 1 aromatic carbocycles. The van der Waals surface area contributed by atoms with Gasteiger partial charge in [0.05, 0.1) is 30.5 Å². The second kappa shape index (κ2) is 14.8. The fourth-order valence-corrected chi connectivity index (χ4v) is 8.59. The third-order valence-electron chi connectivity index (χ3n) is 8.45. The number of amides is 1. The first-order chi connectivity index (χ1) is 25.1. The number of aromatic nitrogens is 8. The zero-order chi connectivity index (χ0) is 38.2. The second-order valence-corrected chi connectivity index (χ2v) is 15.8. The third-order valence-corrected chi connectivity index (χ3v) is 11.6. The van der Waals surface area contributed by atoms with Crippen molar-refractivity contribution in [2.45, 2.75) is 81.9 Å². The van der Waals surface area contributed by atoms with Crippen LogP contribution in [-0.4, -0.2) is 90.1 Å². The minimum absolute atomic E-state index is 0.0961. The van der Waals surface area contributed by atoms with Gasteiger partial charge in [-0.25, -0.2) is 17.6 Å². The van der Waals surface area contributed by atoms with Crippen LogP contribution in [0.2, 0.25) is 0 Å². The molecule has 6 heterocycles. The highest BCUT2D eigenvalue weighted by Gasteiger charge is 2.34. The first-order valence-electron chi connectivity index (χ1n) is 16.0. The number of hydrogen-bond donors (Lipinski definition) is 2. The zero-order valence-corrected chi connectivity index (χ0v) is 29.9. The molecule has 0 bridgehead atoms. The highest BCUT2D eigenvalue weighted by Crippen LogP contribution is 2.28. The quantitative estimate of drug-likeness (QED) is 0.186. The van der Waals surface area contributed by atoms with Gasteiger partial charge in [0.25, 0.3) is 12.9 Å². The Bertz CT molecular complexity index is 2290. The molecule has 5 aromatic rings. The first-order valence-corrected chi connectivity index (χ1v) is 18.9. The van der Waals surface area contributed by atoms with Crippen molar-refractivity contribution in [2.75, 3.05) is 6.61 Å². The summed E-state index contributed by atoms with van der Waals surface area (Å²) in [5.41, 5.74) is 3.67. The van der Waals surface area contributed by atoms with Crippen molar-refractivity contribution in [3.8, 4) is 0 Å². The Morgan fingerprint density at radius 1 is 0.755 bits per heavy atom. The molecule has 2 aliphatic heterocycles. The van der Waals surface area contributed by atoms with Crippen molar-refractivity contribution in [1.29, 1.82) is 0 Å². The van der Waals surface area contributed by atoms with Gasteiger partial charge in [-0.15, -0.1) is 0 Å². The Morgan fingerprint density at radius 3 is 1.77 bits per heavy atom. The van der Waals surface area contributed by atoms with Crippen LogP contribution in [0.3, 0.4) is 0 Å². The molecule has 0 saturated heterocycles. The van der Waals surface area contributed by atoms with Crippen LogP contribution < -0.4 is 5.32 Å². The number of aryl methyl sites for hydroxylation is 2. The minimum Gasteiger partial charge on any atom is -0.395 e. The molecule has 2 aliphatic rings. The van der Waals surface area contributed by atoms with E-state index >= 15 is 0 Å². The zero-order valence-electron chi connectivity index (χ0n) is 28.2. The summed E-state index contributed by atoms with van der Waals surface area (Å²) < 4.78 is 104. The lowest BCUT2D eigenvalue weighted by Crippen LogP contribution is -2.33. The van der Waals surface area contributed by atoms with Crippen LogP contribution in [0.15, 0.2) is 65.2 Å². The fourth-order valence-electron chi connectivity index (χ4n) is 5.96. The Kier molecular flexibility index (Phi) is 10.6. The predicted octanol–water partition coefficient (Wildman–Crippen LogP) is 2.00. The van der Waals surface area contributed by atoms with E-state index in [0.717, 1.165) is 23.1 Å². The summed E-state index contributed by atoms with van der Waals surface area (Å²) in [6, 6.07) is 8.90. The predicted molar refractivity (Wildman–Crippen MR) is 177 cm³/mol. The molecular weight excluding hydrogens is 749 g/mol. The standard InChI is InChI=1S/C20H21F2N5O4S.C11H13F2N5O2S/c1-13-7-26(11-18(21)22)24-19(13)32(30,31)27-9-15-8-25(10-17(15)23-27)20(29)16(12-28)14-5-3-2-4-6-14;1-7-4-17(6-10(12)13)16-11(7)21(19,20)18-5-8-2-14-3-9(8)15-18/h2-7,9,16,18,28H,8,10-12H2,1H3;4-5,10,14H,2-3,6H2,1H3/t16-;/m1./s1. The first kappa shape index (κ1) is 37.8. The van der Waals surface area contributed by atoms with Crippen molar-refractivity contribution in [1.82, 2.24) is 48.1 Å². The number of fused-ring (bicyclic) bond motifs is 2. The topological polar surface area (TPSA) is 192 Å². The van der Waals surface area contributed by atoms with Gasteiger partial charge in [-0.1, -0.05) is 30.3 Å². The van der Waals surface area contributed by atoms with Crippen LogP contribution in [0.1, 0.15) is 45.1 Å². The number of carbonyl (C=O) groups is 1. The van der Waals surface area contributed by atoms with E-state index in [2.05, 4.69) is 25.7 Å². The third kappa shape index (κ3) is 7.75. The summed E-state index contributed by atoms with van der Waals surface area (Å²) in [5.74, 6) is -1.01. The van der Waals surface area contributed by atoms with E-state index in [4.69, 9.17) is 0 Å². The molecule has 0 spiro atoms. The van der Waals surface area contributed by atoms with Crippen LogP contribution in [0.4, 0.5) is 17.6 Å². The van der Waals surface area contributed by atoms with Crippen molar-refractivity contribution in [3.63, 3.8) is 0 Å². The summed E-state index contributed by atoms with van der Waals surface area (Å²) in [6.45, 7) is 2.59. The molecule has 4 aromatic heterocycles. The van der Waals surface area contributed by atoms with Gasteiger partial charge in [0.2, 0.25) is 16.0 Å². The Hall–Kier alpha value is -4.93. The monoisotopic (exact) mass is 782 g/mol. The smallest absolute Gasteiger partial charge is 0.302 e. The molecule has 53 heavy (non-hydrogen) atoms. The molecule has 0 radical (unpaired) electrons. The van der Waals surface area contributed by atoms with Crippen molar-refractivity contribution in [3.05, 3.63) is 94.3 Å². The summed E-state index contributed by atoms with van der Waals surface area (Å²) in [6.07, 6.45) is 0.00318. The maximum atomic E-state index is 12.9. The van der Waals surface area contributed by atoms with Gasteiger partial charge >= 0.3 is 20.0 Å². The van der Waals surface area contributed by atoms with Gasteiger partial charge in [-0.2, -0.15) is 45.4 Å². The van der Waals surface area contributed by atoms with Gasteiger partial charge in [-0.05, 0) is 19.4 Å². The molecule has 0 fully saturated rings. The van der Waals surface area contributed by atoms with Gasteiger partial charge in [-0.3, -0.25) is 14.2 Å². The van der Waals surface area contributed by atoms with Crippen LogP contribution >= 0.6 is 0 Å². The molecule has 7 rings (SSSR count).